The summed E-state index contributed by atoms with van der Waals surface area (Å²) >= 11 is 0. The van der Waals surface area contributed by atoms with Crippen molar-refractivity contribution in [3.63, 3.8) is 0 Å². The molecule has 2 aromatic carbocycles. The van der Waals surface area contributed by atoms with Crippen molar-refractivity contribution in [2.45, 2.75) is 18.9 Å². The molecular weight excluding hydrogens is 426 g/mol. The van der Waals surface area contributed by atoms with Crippen molar-refractivity contribution < 1.29 is 34.0 Å². The molecule has 0 radical (unpaired) electrons. The van der Waals surface area contributed by atoms with E-state index in [1.165, 1.54) is 38.4 Å². The standard InChI is InChI=1S/C20H21N3O9/c1-30-16-7-11(13(22(26)27)8-17(16)31-2)6-15-19-12(4-5-21(15)10-24)14(23(28)29)9-18(32-3)20(19)25/h7-10,15,25H,4-6H2,1-3H3. The Morgan fingerprint density at radius 2 is 1.59 bits per heavy atom. The Morgan fingerprint density at radius 3 is 2.12 bits per heavy atom. The quantitative estimate of drug-likeness (QED) is 0.365. The van der Waals surface area contributed by atoms with Gasteiger partial charge in [-0.2, -0.15) is 0 Å². The number of amides is 1. The van der Waals surface area contributed by atoms with Crippen LogP contribution in [0.15, 0.2) is 18.2 Å². The molecule has 1 unspecified atom stereocenters. The summed E-state index contributed by atoms with van der Waals surface area (Å²) in [5, 5.41) is 34.1. The third kappa shape index (κ3) is 3.82. The van der Waals surface area contributed by atoms with E-state index >= 15 is 0 Å². The first-order chi connectivity index (χ1) is 15.3. The van der Waals surface area contributed by atoms with Gasteiger partial charge in [0.25, 0.3) is 11.4 Å². The summed E-state index contributed by atoms with van der Waals surface area (Å²) < 4.78 is 15.5. The van der Waals surface area contributed by atoms with Gasteiger partial charge in [-0.3, -0.25) is 25.0 Å². The number of phenolic OH excluding ortho intramolecular Hbond substituents is 1. The van der Waals surface area contributed by atoms with Crippen molar-refractivity contribution in [2.24, 2.45) is 0 Å². The summed E-state index contributed by atoms with van der Waals surface area (Å²) in [6, 6.07) is 2.83. The van der Waals surface area contributed by atoms with Gasteiger partial charge in [0.2, 0.25) is 6.41 Å². The summed E-state index contributed by atoms with van der Waals surface area (Å²) in [7, 11) is 3.97. The van der Waals surface area contributed by atoms with Crippen LogP contribution in [0.2, 0.25) is 0 Å². The van der Waals surface area contributed by atoms with Crippen LogP contribution < -0.4 is 14.2 Å². The van der Waals surface area contributed by atoms with E-state index in [2.05, 4.69) is 0 Å². The van der Waals surface area contributed by atoms with Crippen molar-refractivity contribution in [3.05, 3.63) is 55.1 Å². The summed E-state index contributed by atoms with van der Waals surface area (Å²) in [5.41, 5.74) is 0.0322. The molecule has 1 atom stereocenters. The largest absolute Gasteiger partial charge is 0.504 e. The van der Waals surface area contributed by atoms with Crippen LogP contribution >= 0.6 is 0 Å². The molecule has 0 spiro atoms. The van der Waals surface area contributed by atoms with E-state index in [1.54, 1.807) is 0 Å². The number of fused-ring (bicyclic) bond motifs is 1. The van der Waals surface area contributed by atoms with Crippen LogP contribution in [0.1, 0.15) is 22.7 Å². The zero-order chi connectivity index (χ0) is 23.6. The Hall–Kier alpha value is -4.09. The molecule has 3 rings (SSSR count). The van der Waals surface area contributed by atoms with Crippen molar-refractivity contribution in [1.29, 1.82) is 0 Å². The fraction of sp³-hybridized carbons (Fsp3) is 0.350. The van der Waals surface area contributed by atoms with Gasteiger partial charge < -0.3 is 24.2 Å². The molecule has 32 heavy (non-hydrogen) atoms. The first-order valence-corrected chi connectivity index (χ1v) is 9.44. The predicted molar refractivity (Wildman–Crippen MR) is 110 cm³/mol. The maximum atomic E-state index is 11.8. The number of nitro groups is 2. The molecule has 1 heterocycles. The van der Waals surface area contributed by atoms with Crippen LogP contribution in [0.3, 0.4) is 0 Å². The van der Waals surface area contributed by atoms with Gasteiger partial charge in [-0.25, -0.2) is 0 Å². The Labute approximate surface area is 182 Å². The van der Waals surface area contributed by atoms with Crippen LogP contribution in [-0.2, 0) is 17.6 Å². The minimum atomic E-state index is -0.915. The maximum Gasteiger partial charge on any atom is 0.276 e. The number of methoxy groups -OCH3 is 3. The number of phenols is 1. The second-order valence-corrected chi connectivity index (χ2v) is 7.00. The van der Waals surface area contributed by atoms with E-state index < -0.39 is 15.9 Å². The Bertz CT molecular complexity index is 1090. The first kappa shape index (κ1) is 22.6. The highest BCUT2D eigenvalue weighted by Crippen LogP contribution is 2.47. The molecule has 1 N–H and O–H groups in total. The van der Waals surface area contributed by atoms with Crippen LogP contribution in [0, 0.1) is 20.2 Å². The fourth-order valence-electron chi connectivity index (χ4n) is 3.99. The first-order valence-electron chi connectivity index (χ1n) is 9.44. The molecule has 1 aliphatic rings. The number of carbonyl (C=O) groups excluding carboxylic acids is 1. The molecule has 1 amide bonds. The molecule has 170 valence electrons. The van der Waals surface area contributed by atoms with Crippen LogP contribution in [0.5, 0.6) is 23.0 Å². The SMILES string of the molecule is COc1cc(CC2c3c(O)c(OC)cc([N+](=O)[O-])c3CCN2C=O)c([N+](=O)[O-])cc1OC. The van der Waals surface area contributed by atoms with Crippen molar-refractivity contribution in [1.82, 2.24) is 4.90 Å². The maximum absolute atomic E-state index is 11.8. The summed E-state index contributed by atoms with van der Waals surface area (Å²) in [6.07, 6.45) is 0.567. The second-order valence-electron chi connectivity index (χ2n) is 7.00. The van der Waals surface area contributed by atoms with Gasteiger partial charge in [-0.15, -0.1) is 0 Å². The van der Waals surface area contributed by atoms with Crippen molar-refractivity contribution >= 4 is 17.8 Å². The monoisotopic (exact) mass is 447 g/mol. The lowest BCUT2D eigenvalue weighted by Crippen LogP contribution is -2.36. The highest BCUT2D eigenvalue weighted by Gasteiger charge is 2.37. The third-order valence-electron chi connectivity index (χ3n) is 5.49. The lowest BCUT2D eigenvalue weighted by Gasteiger charge is -2.35. The number of hydrogen-bond donors (Lipinski definition) is 1. The van der Waals surface area contributed by atoms with Gasteiger partial charge in [0, 0.05) is 29.7 Å². The number of rotatable bonds is 8. The number of nitrogens with zero attached hydrogens (tertiary/aromatic N) is 3. The van der Waals surface area contributed by atoms with Crippen LogP contribution in [0.4, 0.5) is 11.4 Å². The Kier molecular flexibility index (Phi) is 6.32. The summed E-state index contributed by atoms with van der Waals surface area (Å²) in [5.74, 6) is -0.0928. The average molecular weight is 447 g/mol. The van der Waals surface area contributed by atoms with Crippen LogP contribution in [0.25, 0.3) is 0 Å². The number of nitro benzene ring substituents is 2. The predicted octanol–water partition coefficient (Wildman–Crippen LogP) is 2.53. The lowest BCUT2D eigenvalue weighted by molar-refractivity contribution is -0.385. The smallest absolute Gasteiger partial charge is 0.276 e. The molecule has 0 fully saturated rings. The highest BCUT2D eigenvalue weighted by molar-refractivity contribution is 5.65. The van der Waals surface area contributed by atoms with Crippen molar-refractivity contribution in [2.75, 3.05) is 27.9 Å². The molecule has 0 bridgehead atoms. The number of carbonyl (C=O) groups is 1. The number of aromatic hydroxyl groups is 1. The summed E-state index contributed by atoms with van der Waals surface area (Å²) in [6.45, 7) is 0.134. The number of ether oxygens (including phenoxy) is 3. The molecule has 0 aromatic heterocycles. The van der Waals surface area contributed by atoms with Gasteiger partial charge in [0.05, 0.1) is 49.4 Å². The second kappa shape index (κ2) is 8.96. The van der Waals surface area contributed by atoms with E-state index in [0.29, 0.717) is 6.41 Å². The van der Waals surface area contributed by atoms with Crippen LogP contribution in [-0.4, -0.2) is 54.1 Å². The van der Waals surface area contributed by atoms with E-state index in [9.17, 15) is 30.1 Å². The Balaban J connectivity index is 2.23. The highest BCUT2D eigenvalue weighted by atomic mass is 16.6. The molecule has 2 aromatic rings. The zero-order valence-electron chi connectivity index (χ0n) is 17.6. The van der Waals surface area contributed by atoms with E-state index in [0.717, 1.165) is 6.07 Å². The van der Waals surface area contributed by atoms with Gasteiger partial charge >= 0.3 is 0 Å². The molecular formula is C20H21N3O9. The van der Waals surface area contributed by atoms with Gasteiger partial charge in [0.1, 0.15) is 0 Å². The number of benzene rings is 2. The topological polar surface area (TPSA) is 155 Å². The van der Waals surface area contributed by atoms with Gasteiger partial charge in [-0.05, 0) is 12.5 Å². The Morgan fingerprint density at radius 1 is 1.03 bits per heavy atom. The molecule has 1 aliphatic heterocycles. The van der Waals surface area contributed by atoms with Gasteiger partial charge in [-0.1, -0.05) is 0 Å². The molecule has 0 saturated carbocycles. The minimum Gasteiger partial charge on any atom is -0.504 e. The van der Waals surface area contributed by atoms with Crippen molar-refractivity contribution in [3.8, 4) is 23.0 Å². The zero-order valence-corrected chi connectivity index (χ0v) is 17.6. The number of hydrogen-bond acceptors (Lipinski definition) is 9. The average Bonchev–Trinajstić information content (AvgIpc) is 2.78. The lowest BCUT2D eigenvalue weighted by atomic mass is 9.86. The summed E-state index contributed by atoms with van der Waals surface area (Å²) in [4.78, 5) is 35.3. The minimum absolute atomic E-state index is 0.111. The molecule has 12 nitrogen and oxygen atoms in total. The third-order valence-corrected chi connectivity index (χ3v) is 5.49. The van der Waals surface area contributed by atoms with Gasteiger partial charge in [0.15, 0.2) is 23.0 Å². The fourth-order valence-corrected chi connectivity index (χ4v) is 3.99. The van der Waals surface area contributed by atoms with E-state index in [-0.39, 0.29) is 70.4 Å². The molecule has 0 saturated heterocycles. The van der Waals surface area contributed by atoms with E-state index in [1.807, 2.05) is 0 Å². The molecule has 0 aliphatic carbocycles. The van der Waals surface area contributed by atoms with E-state index in [4.69, 9.17) is 14.2 Å². The molecule has 12 heteroatoms. The normalized spacial score (nSPS) is 15.0.